The predicted molar refractivity (Wildman–Crippen MR) is 82.0 cm³/mol. The van der Waals surface area contributed by atoms with Crippen molar-refractivity contribution in [3.8, 4) is 0 Å². The molecule has 2 aromatic heterocycles. The second kappa shape index (κ2) is 5.94. The average molecular weight is 396 g/mol. The number of aromatic carboxylic acids is 1. The summed E-state index contributed by atoms with van der Waals surface area (Å²) >= 11 is 5.50. The van der Waals surface area contributed by atoms with Gasteiger partial charge in [-0.3, -0.25) is 0 Å². The number of sulfonamides is 1. The van der Waals surface area contributed by atoms with Crippen molar-refractivity contribution in [2.75, 3.05) is 7.05 Å². The van der Waals surface area contributed by atoms with Crippen LogP contribution in [0.2, 0.25) is 0 Å². The number of thiophene rings is 2. The fraction of sp³-hybridized carbons (Fsp3) is 0.182. The Hall–Kier alpha value is -0.740. The van der Waals surface area contributed by atoms with Crippen molar-refractivity contribution in [1.82, 2.24) is 4.31 Å². The molecule has 1 N–H and O–H groups in total. The second-order valence-corrected chi connectivity index (χ2v) is 9.11. The third kappa shape index (κ3) is 3.12. The molecule has 0 radical (unpaired) electrons. The van der Waals surface area contributed by atoms with Gasteiger partial charge in [0, 0.05) is 13.6 Å². The Morgan fingerprint density at radius 1 is 1.50 bits per heavy atom. The second-order valence-electron chi connectivity index (χ2n) is 3.95. The Morgan fingerprint density at radius 2 is 2.20 bits per heavy atom. The molecule has 0 saturated carbocycles. The maximum atomic E-state index is 12.4. The number of carboxylic acid groups (broad SMARTS) is 1. The first kappa shape index (κ1) is 15.6. The van der Waals surface area contributed by atoms with Crippen LogP contribution in [-0.2, 0) is 16.6 Å². The van der Waals surface area contributed by atoms with E-state index < -0.39 is 16.0 Å². The van der Waals surface area contributed by atoms with Crippen molar-refractivity contribution >= 4 is 54.6 Å². The quantitative estimate of drug-likeness (QED) is 0.843. The molecular formula is C11H10BrNO4S3. The highest BCUT2D eigenvalue weighted by molar-refractivity contribution is 9.11. The van der Waals surface area contributed by atoms with Crippen molar-refractivity contribution < 1.29 is 18.3 Å². The van der Waals surface area contributed by atoms with Crippen molar-refractivity contribution in [2.24, 2.45) is 0 Å². The molecule has 2 rings (SSSR count). The molecule has 0 saturated heterocycles. The van der Waals surface area contributed by atoms with E-state index in [1.807, 2.05) is 16.8 Å². The zero-order valence-corrected chi connectivity index (χ0v) is 14.3. The van der Waals surface area contributed by atoms with Crippen LogP contribution in [0.1, 0.15) is 15.2 Å². The molecule has 2 heterocycles. The predicted octanol–water partition coefficient (Wildman–Crippen LogP) is 3.09. The van der Waals surface area contributed by atoms with Gasteiger partial charge in [0.15, 0.2) is 0 Å². The van der Waals surface area contributed by atoms with Gasteiger partial charge in [-0.05, 0) is 44.4 Å². The van der Waals surface area contributed by atoms with Crippen LogP contribution in [0, 0.1) is 0 Å². The first-order valence-electron chi connectivity index (χ1n) is 5.32. The lowest BCUT2D eigenvalue weighted by Gasteiger charge is -2.15. The topological polar surface area (TPSA) is 74.7 Å². The maximum Gasteiger partial charge on any atom is 0.345 e. The van der Waals surface area contributed by atoms with Gasteiger partial charge in [0.05, 0.1) is 3.79 Å². The highest BCUT2D eigenvalue weighted by atomic mass is 79.9. The molecule has 0 spiro atoms. The highest BCUT2D eigenvalue weighted by Crippen LogP contribution is 2.33. The van der Waals surface area contributed by atoms with E-state index in [0.29, 0.717) is 3.79 Å². The Balaban J connectivity index is 2.32. The van der Waals surface area contributed by atoms with Gasteiger partial charge in [-0.2, -0.15) is 15.6 Å². The van der Waals surface area contributed by atoms with E-state index in [1.165, 1.54) is 28.8 Å². The summed E-state index contributed by atoms with van der Waals surface area (Å²) in [7, 11) is -2.25. The van der Waals surface area contributed by atoms with E-state index in [9.17, 15) is 13.2 Å². The van der Waals surface area contributed by atoms with Gasteiger partial charge in [-0.25, -0.2) is 13.2 Å². The van der Waals surface area contributed by atoms with Gasteiger partial charge in [0.1, 0.15) is 9.77 Å². The fourth-order valence-electron chi connectivity index (χ4n) is 1.53. The maximum absolute atomic E-state index is 12.4. The lowest BCUT2D eigenvalue weighted by molar-refractivity contribution is 0.0702. The van der Waals surface area contributed by atoms with Crippen molar-refractivity contribution in [1.29, 1.82) is 0 Å². The van der Waals surface area contributed by atoms with Gasteiger partial charge in [-0.1, -0.05) is 0 Å². The summed E-state index contributed by atoms with van der Waals surface area (Å²) in [6.45, 7) is 0.247. The van der Waals surface area contributed by atoms with E-state index in [2.05, 4.69) is 15.9 Å². The number of carbonyl (C=O) groups is 1. The van der Waals surface area contributed by atoms with Crippen molar-refractivity contribution in [2.45, 2.75) is 11.4 Å². The molecule has 0 amide bonds. The molecule has 5 nitrogen and oxygen atoms in total. The number of nitrogens with zero attached hydrogens (tertiary/aromatic N) is 1. The molecule has 0 fully saturated rings. The molecule has 20 heavy (non-hydrogen) atoms. The molecule has 108 valence electrons. The molecule has 0 bridgehead atoms. The number of rotatable bonds is 5. The minimum absolute atomic E-state index is 0.0145. The Kier molecular flexibility index (Phi) is 4.65. The van der Waals surface area contributed by atoms with Crippen LogP contribution in [0.25, 0.3) is 0 Å². The molecule has 0 aliphatic heterocycles. The van der Waals surface area contributed by atoms with Gasteiger partial charge in [0.25, 0.3) is 0 Å². The average Bonchev–Trinajstić information content (AvgIpc) is 2.98. The Bertz CT molecular complexity index is 721. The zero-order valence-electron chi connectivity index (χ0n) is 10.2. The molecule has 9 heteroatoms. The van der Waals surface area contributed by atoms with Crippen LogP contribution in [-0.4, -0.2) is 30.8 Å². The fourth-order valence-corrected chi connectivity index (χ4v) is 5.69. The van der Waals surface area contributed by atoms with Gasteiger partial charge >= 0.3 is 5.97 Å². The van der Waals surface area contributed by atoms with E-state index >= 15 is 0 Å². The molecule has 2 aromatic rings. The Morgan fingerprint density at radius 3 is 2.70 bits per heavy atom. The number of hydrogen-bond acceptors (Lipinski definition) is 5. The Labute approximate surface area is 132 Å². The molecule has 0 aromatic carbocycles. The minimum atomic E-state index is -3.72. The van der Waals surface area contributed by atoms with Crippen LogP contribution >= 0.6 is 38.6 Å². The highest BCUT2D eigenvalue weighted by Gasteiger charge is 2.27. The summed E-state index contributed by atoms with van der Waals surface area (Å²) in [5, 5.41) is 12.7. The van der Waals surface area contributed by atoms with E-state index in [4.69, 9.17) is 5.11 Å². The van der Waals surface area contributed by atoms with Gasteiger partial charge in [0.2, 0.25) is 10.0 Å². The summed E-state index contributed by atoms with van der Waals surface area (Å²) in [6, 6.07) is 3.03. The molecular weight excluding hydrogens is 386 g/mol. The van der Waals surface area contributed by atoms with E-state index in [1.54, 1.807) is 0 Å². The molecule has 0 unspecified atom stereocenters. The normalized spacial score (nSPS) is 11.9. The summed E-state index contributed by atoms with van der Waals surface area (Å²) in [6.07, 6.45) is 0. The third-order valence-electron chi connectivity index (χ3n) is 2.54. The molecule has 0 aliphatic rings. The minimum Gasteiger partial charge on any atom is -0.477 e. The summed E-state index contributed by atoms with van der Waals surface area (Å²) < 4.78 is 26.4. The lowest BCUT2D eigenvalue weighted by Crippen LogP contribution is -2.26. The zero-order chi connectivity index (χ0) is 14.9. The van der Waals surface area contributed by atoms with Crippen LogP contribution in [0.15, 0.2) is 31.6 Å². The smallest absolute Gasteiger partial charge is 0.345 e. The van der Waals surface area contributed by atoms with E-state index in [0.717, 1.165) is 16.9 Å². The molecule has 0 aliphatic carbocycles. The number of halogens is 1. The SMILES string of the molecule is CN(Cc1ccsc1)S(=O)(=O)c1cc(C(=O)O)sc1Br. The van der Waals surface area contributed by atoms with Crippen LogP contribution in [0.4, 0.5) is 0 Å². The largest absolute Gasteiger partial charge is 0.477 e. The number of carboxylic acids is 1. The monoisotopic (exact) mass is 395 g/mol. The van der Waals surface area contributed by atoms with Gasteiger partial charge < -0.3 is 5.11 Å². The van der Waals surface area contributed by atoms with Crippen LogP contribution in [0.3, 0.4) is 0 Å². The van der Waals surface area contributed by atoms with E-state index in [-0.39, 0.29) is 16.3 Å². The summed E-state index contributed by atoms with van der Waals surface area (Å²) in [5.74, 6) is -1.14. The first-order chi connectivity index (χ1) is 9.32. The molecule has 0 atom stereocenters. The lowest BCUT2D eigenvalue weighted by atomic mass is 10.3. The summed E-state index contributed by atoms with van der Waals surface area (Å²) in [4.78, 5) is 10.9. The standard InChI is InChI=1S/C11H10BrNO4S3/c1-13(5-7-2-3-18-6-7)20(16,17)9-4-8(11(14)15)19-10(9)12/h2-4,6H,5H2,1H3,(H,14,15). The van der Waals surface area contributed by atoms with Gasteiger partial charge in [-0.15, -0.1) is 11.3 Å². The van der Waals surface area contributed by atoms with Crippen molar-refractivity contribution in [3.05, 3.63) is 37.1 Å². The number of hydrogen-bond donors (Lipinski definition) is 1. The van der Waals surface area contributed by atoms with Crippen molar-refractivity contribution in [3.63, 3.8) is 0 Å². The summed E-state index contributed by atoms with van der Waals surface area (Å²) in [5.41, 5.74) is 0.894. The van der Waals surface area contributed by atoms with Crippen LogP contribution < -0.4 is 0 Å². The third-order valence-corrected chi connectivity index (χ3v) is 7.32. The first-order valence-corrected chi connectivity index (χ1v) is 9.31. The van der Waals surface area contributed by atoms with Crippen LogP contribution in [0.5, 0.6) is 0 Å².